The zero-order chi connectivity index (χ0) is 14.7. The molecule has 0 fully saturated rings. The lowest BCUT2D eigenvalue weighted by molar-refractivity contribution is 0.102. The molecule has 2 aromatic rings. The first-order valence-electron chi connectivity index (χ1n) is 5.58. The Morgan fingerprint density at radius 2 is 2.00 bits per heavy atom. The molecule has 0 spiro atoms. The van der Waals surface area contributed by atoms with E-state index in [1.165, 1.54) is 24.3 Å². The quantitative estimate of drug-likeness (QED) is 0.825. The lowest BCUT2D eigenvalue weighted by Crippen LogP contribution is -2.15. The van der Waals surface area contributed by atoms with E-state index in [9.17, 15) is 13.6 Å². The van der Waals surface area contributed by atoms with E-state index in [1.807, 2.05) is 6.07 Å². The summed E-state index contributed by atoms with van der Waals surface area (Å²) in [6, 6.07) is 9.45. The van der Waals surface area contributed by atoms with Gasteiger partial charge in [0.25, 0.3) is 5.91 Å². The average molecular weight is 273 g/mol. The van der Waals surface area contributed by atoms with E-state index in [0.717, 1.165) is 12.1 Å². The summed E-state index contributed by atoms with van der Waals surface area (Å²) in [4.78, 5) is 11.9. The Morgan fingerprint density at radius 3 is 2.65 bits per heavy atom. The van der Waals surface area contributed by atoms with Crippen LogP contribution in [0, 0.1) is 23.0 Å². The molecule has 2 rings (SSSR count). The van der Waals surface area contributed by atoms with E-state index < -0.39 is 23.1 Å². The second kappa shape index (κ2) is 5.36. The molecule has 0 saturated carbocycles. The number of hydrogen-bond donors (Lipinski definition) is 2. The van der Waals surface area contributed by atoms with Crippen LogP contribution in [-0.4, -0.2) is 5.91 Å². The van der Waals surface area contributed by atoms with Gasteiger partial charge in [0.05, 0.1) is 28.6 Å². The van der Waals surface area contributed by atoms with Gasteiger partial charge in [-0.3, -0.25) is 4.79 Å². The molecule has 0 bridgehead atoms. The lowest BCUT2D eigenvalue weighted by Gasteiger charge is -2.09. The molecule has 3 N–H and O–H groups in total. The average Bonchev–Trinajstić information content (AvgIpc) is 2.44. The molecule has 0 aromatic heterocycles. The fourth-order valence-corrected chi connectivity index (χ4v) is 1.61. The van der Waals surface area contributed by atoms with Crippen molar-refractivity contribution < 1.29 is 13.6 Å². The molecule has 6 heteroatoms. The van der Waals surface area contributed by atoms with E-state index >= 15 is 0 Å². The number of nitrogen functional groups attached to an aromatic ring is 1. The van der Waals surface area contributed by atoms with Crippen molar-refractivity contribution in [3.05, 3.63) is 59.2 Å². The van der Waals surface area contributed by atoms with Crippen molar-refractivity contribution in [1.29, 1.82) is 5.26 Å². The number of nitriles is 1. The van der Waals surface area contributed by atoms with Crippen LogP contribution in [0.1, 0.15) is 15.9 Å². The Morgan fingerprint density at radius 1 is 1.25 bits per heavy atom. The lowest BCUT2D eigenvalue weighted by atomic mass is 10.1. The summed E-state index contributed by atoms with van der Waals surface area (Å²) in [5, 5.41) is 11.1. The van der Waals surface area contributed by atoms with Crippen molar-refractivity contribution in [3.8, 4) is 6.07 Å². The van der Waals surface area contributed by atoms with E-state index in [2.05, 4.69) is 5.32 Å². The molecular weight excluding hydrogens is 264 g/mol. The molecule has 0 heterocycles. The highest BCUT2D eigenvalue weighted by molar-refractivity contribution is 6.05. The molecule has 0 aliphatic rings. The number of nitrogens with two attached hydrogens (primary N) is 1. The molecule has 0 radical (unpaired) electrons. The van der Waals surface area contributed by atoms with Gasteiger partial charge in [0.15, 0.2) is 11.6 Å². The van der Waals surface area contributed by atoms with E-state index in [4.69, 9.17) is 11.0 Å². The largest absolute Gasteiger partial charge is 0.397 e. The SMILES string of the molecule is N#Cc1ccc(NC(=O)c2cccc(F)c2F)c(N)c1. The predicted molar refractivity (Wildman–Crippen MR) is 69.9 cm³/mol. The molecule has 20 heavy (non-hydrogen) atoms. The summed E-state index contributed by atoms with van der Waals surface area (Å²) in [5.74, 6) is -3.15. The summed E-state index contributed by atoms with van der Waals surface area (Å²) < 4.78 is 26.5. The first-order chi connectivity index (χ1) is 9.52. The molecule has 100 valence electrons. The number of rotatable bonds is 2. The number of hydrogen-bond acceptors (Lipinski definition) is 3. The number of carbonyl (C=O) groups excluding carboxylic acids is 1. The van der Waals surface area contributed by atoms with E-state index in [1.54, 1.807) is 0 Å². The van der Waals surface area contributed by atoms with E-state index in [-0.39, 0.29) is 11.4 Å². The van der Waals surface area contributed by atoms with Crippen LogP contribution in [0.15, 0.2) is 36.4 Å². The topological polar surface area (TPSA) is 78.9 Å². The molecule has 2 aromatic carbocycles. The van der Waals surface area contributed by atoms with Gasteiger partial charge in [-0.15, -0.1) is 0 Å². The number of carbonyl (C=O) groups is 1. The molecule has 0 aliphatic heterocycles. The third kappa shape index (κ3) is 2.57. The van der Waals surface area contributed by atoms with Crippen LogP contribution in [0.2, 0.25) is 0 Å². The number of amides is 1. The highest BCUT2D eigenvalue weighted by Crippen LogP contribution is 2.21. The molecule has 0 unspecified atom stereocenters. The van der Waals surface area contributed by atoms with Gasteiger partial charge in [-0.25, -0.2) is 8.78 Å². The van der Waals surface area contributed by atoms with Crippen LogP contribution < -0.4 is 11.1 Å². The van der Waals surface area contributed by atoms with Crippen LogP contribution in [0.3, 0.4) is 0 Å². The fraction of sp³-hybridized carbons (Fsp3) is 0. The van der Waals surface area contributed by atoms with Gasteiger partial charge in [-0.05, 0) is 30.3 Å². The van der Waals surface area contributed by atoms with Crippen molar-refractivity contribution in [2.75, 3.05) is 11.1 Å². The van der Waals surface area contributed by atoms with Gasteiger partial charge in [-0.2, -0.15) is 5.26 Å². The summed E-state index contributed by atoms with van der Waals surface area (Å²) in [7, 11) is 0. The number of nitrogens with one attached hydrogen (secondary N) is 1. The monoisotopic (exact) mass is 273 g/mol. The van der Waals surface area contributed by atoms with Gasteiger partial charge < -0.3 is 11.1 Å². The van der Waals surface area contributed by atoms with Gasteiger partial charge in [0.1, 0.15) is 0 Å². The van der Waals surface area contributed by atoms with Crippen molar-refractivity contribution in [3.63, 3.8) is 0 Å². The Hall–Kier alpha value is -2.94. The highest BCUT2D eigenvalue weighted by atomic mass is 19.2. The van der Waals surface area contributed by atoms with Crippen LogP contribution >= 0.6 is 0 Å². The molecule has 1 amide bonds. The number of benzene rings is 2. The predicted octanol–water partition coefficient (Wildman–Crippen LogP) is 2.67. The minimum atomic E-state index is -1.22. The normalized spacial score (nSPS) is 9.85. The third-order valence-electron chi connectivity index (χ3n) is 2.63. The van der Waals surface area contributed by atoms with Gasteiger partial charge >= 0.3 is 0 Å². The van der Waals surface area contributed by atoms with Crippen molar-refractivity contribution >= 4 is 17.3 Å². The number of anilines is 2. The second-order valence-corrected chi connectivity index (χ2v) is 3.97. The second-order valence-electron chi connectivity index (χ2n) is 3.97. The van der Waals surface area contributed by atoms with E-state index in [0.29, 0.717) is 5.56 Å². The van der Waals surface area contributed by atoms with Crippen LogP contribution in [-0.2, 0) is 0 Å². The Balaban J connectivity index is 2.29. The fourth-order valence-electron chi connectivity index (χ4n) is 1.61. The summed E-state index contributed by atoms with van der Waals surface area (Å²) in [5.41, 5.74) is 5.95. The first kappa shape index (κ1) is 13.5. The first-order valence-corrected chi connectivity index (χ1v) is 5.58. The smallest absolute Gasteiger partial charge is 0.258 e. The summed E-state index contributed by atoms with van der Waals surface area (Å²) in [6.07, 6.45) is 0. The van der Waals surface area contributed by atoms with Gasteiger partial charge in [0.2, 0.25) is 0 Å². The number of halogens is 2. The molecule has 0 aliphatic carbocycles. The Kier molecular flexibility index (Phi) is 3.62. The highest BCUT2D eigenvalue weighted by Gasteiger charge is 2.16. The standard InChI is InChI=1S/C14H9F2N3O/c15-10-3-1-2-9(13(10)16)14(20)19-12-5-4-8(7-17)6-11(12)18/h1-6H,18H2,(H,19,20). The Labute approximate surface area is 113 Å². The van der Waals surface area contributed by atoms with Crippen LogP contribution in [0.4, 0.5) is 20.2 Å². The van der Waals surface area contributed by atoms with Crippen molar-refractivity contribution in [1.82, 2.24) is 0 Å². The molecular formula is C14H9F2N3O. The maximum absolute atomic E-state index is 13.5. The Bertz CT molecular complexity index is 723. The van der Waals surface area contributed by atoms with Crippen LogP contribution in [0.5, 0.6) is 0 Å². The molecule has 0 atom stereocenters. The molecule has 4 nitrogen and oxygen atoms in total. The zero-order valence-corrected chi connectivity index (χ0v) is 10.2. The van der Waals surface area contributed by atoms with Gasteiger partial charge in [-0.1, -0.05) is 6.07 Å². The number of nitrogens with zero attached hydrogens (tertiary/aromatic N) is 1. The minimum absolute atomic E-state index is 0.161. The maximum atomic E-state index is 13.5. The minimum Gasteiger partial charge on any atom is -0.397 e. The summed E-state index contributed by atoms with van der Waals surface area (Å²) >= 11 is 0. The third-order valence-corrected chi connectivity index (χ3v) is 2.63. The molecule has 0 saturated heterocycles. The summed E-state index contributed by atoms with van der Waals surface area (Å²) in [6.45, 7) is 0. The van der Waals surface area contributed by atoms with Gasteiger partial charge in [0, 0.05) is 0 Å². The van der Waals surface area contributed by atoms with Crippen molar-refractivity contribution in [2.45, 2.75) is 0 Å². The maximum Gasteiger partial charge on any atom is 0.258 e. The van der Waals surface area contributed by atoms with Crippen LogP contribution in [0.25, 0.3) is 0 Å². The zero-order valence-electron chi connectivity index (χ0n) is 10.2. The van der Waals surface area contributed by atoms with Crippen molar-refractivity contribution in [2.24, 2.45) is 0 Å².